The summed E-state index contributed by atoms with van der Waals surface area (Å²) in [4.78, 5) is 30.5. The van der Waals surface area contributed by atoms with Gasteiger partial charge in [0.05, 0.1) is 13.1 Å². The third kappa shape index (κ3) is 6.05. The molecule has 0 aliphatic carbocycles. The number of hydrogen-bond donors (Lipinski definition) is 1. The Labute approximate surface area is 150 Å². The summed E-state index contributed by atoms with van der Waals surface area (Å²) in [5.41, 5.74) is 1.20. The van der Waals surface area contributed by atoms with Crippen molar-refractivity contribution in [1.29, 1.82) is 0 Å². The molecule has 1 aliphatic rings. The van der Waals surface area contributed by atoms with Gasteiger partial charge in [-0.3, -0.25) is 14.5 Å². The molecule has 1 aromatic carbocycles. The molecule has 1 aromatic rings. The lowest BCUT2D eigenvalue weighted by Gasteiger charge is -2.37. The van der Waals surface area contributed by atoms with E-state index in [4.69, 9.17) is 0 Å². The fourth-order valence-corrected chi connectivity index (χ4v) is 2.99. The molecule has 6 heteroatoms. The number of carbonyl (C=O) groups excluding carboxylic acids is 2. The van der Waals surface area contributed by atoms with Gasteiger partial charge in [0.25, 0.3) is 0 Å². The molecular weight excluding hydrogens is 316 g/mol. The summed E-state index contributed by atoms with van der Waals surface area (Å²) in [6.07, 6.45) is 0. The number of para-hydroxylation sites is 1. The van der Waals surface area contributed by atoms with Crippen LogP contribution in [0.25, 0.3) is 0 Å². The SMILES string of the molecule is CCN(CC(=O)NC(C)C)CC(=O)N1CCN(c2ccccc2)CC1. The lowest BCUT2D eigenvalue weighted by atomic mass is 10.2. The third-order valence-electron chi connectivity index (χ3n) is 4.38. The summed E-state index contributed by atoms with van der Waals surface area (Å²) < 4.78 is 0. The molecule has 1 heterocycles. The highest BCUT2D eigenvalue weighted by Gasteiger charge is 2.23. The molecule has 0 saturated carbocycles. The normalized spacial score (nSPS) is 14.9. The number of hydrogen-bond acceptors (Lipinski definition) is 4. The van der Waals surface area contributed by atoms with Crippen molar-refractivity contribution in [3.63, 3.8) is 0 Å². The summed E-state index contributed by atoms with van der Waals surface area (Å²) in [5.74, 6) is 0.0745. The molecule has 0 spiro atoms. The molecule has 0 aromatic heterocycles. The second kappa shape index (κ2) is 9.42. The van der Waals surface area contributed by atoms with Crippen LogP contribution in [0.1, 0.15) is 20.8 Å². The van der Waals surface area contributed by atoms with Crippen molar-refractivity contribution in [3.05, 3.63) is 30.3 Å². The number of nitrogens with one attached hydrogen (secondary N) is 1. The van der Waals surface area contributed by atoms with E-state index in [0.717, 1.165) is 26.2 Å². The van der Waals surface area contributed by atoms with Gasteiger partial charge in [-0.05, 0) is 32.5 Å². The van der Waals surface area contributed by atoms with Gasteiger partial charge < -0.3 is 15.1 Å². The predicted molar refractivity (Wildman–Crippen MR) is 101 cm³/mol. The van der Waals surface area contributed by atoms with Gasteiger partial charge in [0.1, 0.15) is 0 Å². The number of nitrogens with zero attached hydrogens (tertiary/aromatic N) is 3. The minimum Gasteiger partial charge on any atom is -0.368 e. The summed E-state index contributed by atoms with van der Waals surface area (Å²) in [6.45, 7) is 10.2. The Kier molecular flexibility index (Phi) is 7.25. The zero-order valence-electron chi connectivity index (χ0n) is 15.6. The van der Waals surface area contributed by atoms with Crippen LogP contribution in [0.4, 0.5) is 5.69 Å². The highest BCUT2D eigenvalue weighted by atomic mass is 16.2. The monoisotopic (exact) mass is 346 g/mol. The van der Waals surface area contributed by atoms with E-state index in [0.29, 0.717) is 13.1 Å². The molecular formula is C19H30N4O2. The average molecular weight is 346 g/mol. The first-order chi connectivity index (χ1) is 12.0. The standard InChI is InChI=1S/C19H30N4O2/c1-4-21(14-18(24)20-16(2)3)15-19(25)23-12-10-22(11-13-23)17-8-6-5-7-9-17/h5-9,16H,4,10-15H2,1-3H3,(H,20,24). The van der Waals surface area contributed by atoms with Crippen LogP contribution >= 0.6 is 0 Å². The minimum atomic E-state index is -0.0291. The van der Waals surface area contributed by atoms with Crippen LogP contribution in [0.15, 0.2) is 30.3 Å². The number of benzene rings is 1. The number of anilines is 1. The second-order valence-corrected chi connectivity index (χ2v) is 6.73. The quantitative estimate of drug-likeness (QED) is 0.806. The summed E-state index contributed by atoms with van der Waals surface area (Å²) >= 11 is 0. The van der Waals surface area contributed by atoms with Crippen molar-refractivity contribution >= 4 is 17.5 Å². The van der Waals surface area contributed by atoms with Crippen LogP contribution in [0.3, 0.4) is 0 Å². The topological polar surface area (TPSA) is 55.9 Å². The van der Waals surface area contributed by atoms with Crippen molar-refractivity contribution in [2.24, 2.45) is 0 Å². The van der Waals surface area contributed by atoms with Gasteiger partial charge in [0.2, 0.25) is 11.8 Å². The Morgan fingerprint density at radius 3 is 2.28 bits per heavy atom. The fraction of sp³-hybridized carbons (Fsp3) is 0.579. The van der Waals surface area contributed by atoms with Crippen LogP contribution in [-0.4, -0.2) is 73.5 Å². The number of piperazine rings is 1. The van der Waals surface area contributed by atoms with Crippen LogP contribution in [0.2, 0.25) is 0 Å². The van der Waals surface area contributed by atoms with Gasteiger partial charge in [0.15, 0.2) is 0 Å². The van der Waals surface area contributed by atoms with Crippen molar-refractivity contribution in [2.45, 2.75) is 26.8 Å². The molecule has 1 N–H and O–H groups in total. The third-order valence-corrected chi connectivity index (χ3v) is 4.38. The van der Waals surface area contributed by atoms with Gasteiger partial charge in [0, 0.05) is 37.9 Å². The molecule has 2 amide bonds. The Morgan fingerprint density at radius 2 is 1.72 bits per heavy atom. The van der Waals surface area contributed by atoms with E-state index < -0.39 is 0 Å². The number of rotatable bonds is 7. The summed E-state index contributed by atoms with van der Waals surface area (Å²) in [5, 5.41) is 2.87. The van der Waals surface area contributed by atoms with Gasteiger partial charge in [-0.1, -0.05) is 25.1 Å². The van der Waals surface area contributed by atoms with Gasteiger partial charge in [-0.25, -0.2) is 0 Å². The fourth-order valence-electron chi connectivity index (χ4n) is 2.99. The molecule has 1 saturated heterocycles. The van der Waals surface area contributed by atoms with Crippen molar-refractivity contribution in [2.75, 3.05) is 50.7 Å². The molecule has 0 unspecified atom stereocenters. The van der Waals surface area contributed by atoms with Crippen molar-refractivity contribution in [1.82, 2.24) is 15.1 Å². The van der Waals surface area contributed by atoms with Gasteiger partial charge in [-0.2, -0.15) is 0 Å². The van der Waals surface area contributed by atoms with E-state index in [-0.39, 0.29) is 24.4 Å². The molecule has 0 radical (unpaired) electrons. The first-order valence-electron chi connectivity index (χ1n) is 9.09. The maximum atomic E-state index is 12.5. The average Bonchev–Trinajstić information content (AvgIpc) is 2.61. The molecule has 1 fully saturated rings. The summed E-state index contributed by atoms with van der Waals surface area (Å²) in [7, 11) is 0. The molecule has 0 atom stereocenters. The van der Waals surface area contributed by atoms with E-state index >= 15 is 0 Å². The van der Waals surface area contributed by atoms with Crippen LogP contribution in [0.5, 0.6) is 0 Å². The second-order valence-electron chi connectivity index (χ2n) is 6.73. The zero-order chi connectivity index (χ0) is 18.2. The number of amides is 2. The number of carbonyl (C=O) groups is 2. The smallest absolute Gasteiger partial charge is 0.236 e. The Morgan fingerprint density at radius 1 is 1.08 bits per heavy atom. The van der Waals surface area contributed by atoms with E-state index in [1.807, 2.05) is 48.8 Å². The van der Waals surface area contributed by atoms with E-state index in [1.165, 1.54) is 5.69 Å². The van der Waals surface area contributed by atoms with Crippen LogP contribution < -0.4 is 10.2 Å². The molecule has 25 heavy (non-hydrogen) atoms. The Balaban J connectivity index is 1.80. The zero-order valence-corrected chi connectivity index (χ0v) is 15.6. The van der Waals surface area contributed by atoms with Crippen molar-refractivity contribution < 1.29 is 9.59 Å². The maximum absolute atomic E-state index is 12.5. The van der Waals surface area contributed by atoms with E-state index in [2.05, 4.69) is 22.3 Å². The molecule has 138 valence electrons. The Hall–Kier alpha value is -2.08. The largest absolute Gasteiger partial charge is 0.368 e. The first kappa shape index (κ1) is 19.2. The lowest BCUT2D eigenvalue weighted by Crippen LogP contribution is -2.52. The summed E-state index contributed by atoms with van der Waals surface area (Å²) in [6, 6.07) is 10.4. The first-order valence-corrected chi connectivity index (χ1v) is 9.09. The maximum Gasteiger partial charge on any atom is 0.236 e. The van der Waals surface area contributed by atoms with Crippen molar-refractivity contribution in [3.8, 4) is 0 Å². The minimum absolute atomic E-state index is 0.0291. The Bertz CT molecular complexity index is 554. The van der Waals surface area contributed by atoms with E-state index in [9.17, 15) is 9.59 Å². The molecule has 2 rings (SSSR count). The van der Waals surface area contributed by atoms with E-state index in [1.54, 1.807) is 0 Å². The predicted octanol–water partition coefficient (Wildman–Crippen LogP) is 1.18. The van der Waals surface area contributed by atoms with Gasteiger partial charge in [-0.15, -0.1) is 0 Å². The molecule has 0 bridgehead atoms. The molecule has 6 nitrogen and oxygen atoms in total. The molecule has 1 aliphatic heterocycles. The highest BCUT2D eigenvalue weighted by molar-refractivity contribution is 5.81. The van der Waals surface area contributed by atoms with Crippen LogP contribution in [-0.2, 0) is 9.59 Å². The van der Waals surface area contributed by atoms with Crippen LogP contribution in [0, 0.1) is 0 Å². The van der Waals surface area contributed by atoms with Gasteiger partial charge >= 0.3 is 0 Å². The highest BCUT2D eigenvalue weighted by Crippen LogP contribution is 2.15. The lowest BCUT2D eigenvalue weighted by molar-refractivity contribution is -0.133. The number of likely N-dealkylation sites (N-methyl/N-ethyl adjacent to an activating group) is 1.